The maximum atomic E-state index is 12.6. The van der Waals surface area contributed by atoms with Gasteiger partial charge in [-0.3, -0.25) is 4.57 Å². The van der Waals surface area contributed by atoms with Gasteiger partial charge >= 0.3 is 5.69 Å². The van der Waals surface area contributed by atoms with Crippen LogP contribution in [0.1, 0.15) is 33.5 Å². The van der Waals surface area contributed by atoms with Gasteiger partial charge in [-0.1, -0.05) is 11.6 Å². The van der Waals surface area contributed by atoms with Gasteiger partial charge in [0.25, 0.3) is 0 Å². The molecule has 198 valence electrons. The summed E-state index contributed by atoms with van der Waals surface area (Å²) in [6, 6.07) is 7.39. The van der Waals surface area contributed by atoms with E-state index in [-0.39, 0.29) is 17.9 Å². The second kappa shape index (κ2) is 10.1. The van der Waals surface area contributed by atoms with Crippen LogP contribution >= 0.6 is 11.6 Å². The molecule has 11 nitrogen and oxygen atoms in total. The predicted octanol–water partition coefficient (Wildman–Crippen LogP) is 3.87. The summed E-state index contributed by atoms with van der Waals surface area (Å²) in [6.07, 6.45) is 5.11. The first-order valence-corrected chi connectivity index (χ1v) is 12.7. The third-order valence-electron chi connectivity index (χ3n) is 6.36. The maximum Gasteiger partial charge on any atom is 0.349 e. The second-order valence-electron chi connectivity index (χ2n) is 10.0. The van der Waals surface area contributed by atoms with E-state index in [2.05, 4.69) is 35.5 Å². The van der Waals surface area contributed by atoms with Crippen LogP contribution in [0.15, 0.2) is 47.7 Å². The molecule has 0 unspecified atom stereocenters. The minimum atomic E-state index is -0.686. The molecule has 38 heavy (non-hydrogen) atoms. The fourth-order valence-electron chi connectivity index (χ4n) is 4.57. The Balaban J connectivity index is 1.50. The molecule has 0 amide bonds. The van der Waals surface area contributed by atoms with Gasteiger partial charge in [-0.15, -0.1) is 0 Å². The molecule has 5 rings (SSSR count). The summed E-state index contributed by atoms with van der Waals surface area (Å²) >= 11 is 6.48. The normalized spacial score (nSPS) is 18.0. The van der Waals surface area contributed by atoms with E-state index in [0.717, 1.165) is 11.1 Å². The van der Waals surface area contributed by atoms with Gasteiger partial charge in [-0.05, 0) is 52.0 Å². The van der Waals surface area contributed by atoms with E-state index in [1.807, 2.05) is 45.9 Å². The quantitative estimate of drug-likeness (QED) is 0.376. The smallest absolute Gasteiger partial charge is 0.349 e. The van der Waals surface area contributed by atoms with Crippen LogP contribution in [-0.2, 0) is 17.3 Å². The summed E-state index contributed by atoms with van der Waals surface area (Å²) in [6.45, 7) is 9.32. The van der Waals surface area contributed by atoms with Gasteiger partial charge in [0.1, 0.15) is 10.8 Å². The molecule has 0 saturated carbocycles. The van der Waals surface area contributed by atoms with Gasteiger partial charge in [-0.25, -0.2) is 19.7 Å². The molecule has 4 aromatic rings. The SMILES string of the molecule is C[C@@H]1CN(c2ncc(Cl)c(Nc3ccc4c(c3)c(NC(C)(C)c3ncccn3)nc(=O)n4C)n2)C[C@H](C)O1. The zero-order valence-electron chi connectivity index (χ0n) is 21.9. The number of benzene rings is 1. The van der Waals surface area contributed by atoms with Crippen molar-refractivity contribution in [3.8, 4) is 0 Å². The van der Waals surface area contributed by atoms with Crippen molar-refractivity contribution >= 4 is 45.8 Å². The number of hydrogen-bond acceptors (Lipinski definition) is 10. The van der Waals surface area contributed by atoms with Crippen LogP contribution in [0.2, 0.25) is 5.02 Å². The first-order valence-electron chi connectivity index (χ1n) is 12.4. The number of nitrogens with zero attached hydrogens (tertiary/aromatic N) is 7. The largest absolute Gasteiger partial charge is 0.372 e. The summed E-state index contributed by atoms with van der Waals surface area (Å²) in [7, 11) is 1.69. The minimum absolute atomic E-state index is 0.0746. The number of morpholine rings is 1. The second-order valence-corrected chi connectivity index (χ2v) is 10.4. The molecule has 1 aromatic carbocycles. The van der Waals surface area contributed by atoms with Crippen molar-refractivity contribution in [2.45, 2.75) is 45.4 Å². The summed E-state index contributed by atoms with van der Waals surface area (Å²) in [5, 5.41) is 7.80. The van der Waals surface area contributed by atoms with Crippen molar-refractivity contribution in [1.82, 2.24) is 29.5 Å². The number of aromatic nitrogens is 6. The highest BCUT2D eigenvalue weighted by atomic mass is 35.5. The monoisotopic (exact) mass is 535 g/mol. The third-order valence-corrected chi connectivity index (χ3v) is 6.64. The molecular formula is C26H30ClN9O2. The number of fused-ring (bicyclic) bond motifs is 1. The van der Waals surface area contributed by atoms with E-state index in [1.165, 1.54) is 4.57 Å². The van der Waals surface area contributed by atoms with Crippen molar-refractivity contribution in [2.24, 2.45) is 7.05 Å². The summed E-state index contributed by atoms with van der Waals surface area (Å²) < 4.78 is 7.34. The molecule has 1 aliphatic heterocycles. The summed E-state index contributed by atoms with van der Waals surface area (Å²) in [4.78, 5) is 36.9. The fraction of sp³-hybridized carbons (Fsp3) is 0.385. The molecule has 0 spiro atoms. The van der Waals surface area contributed by atoms with Crippen LogP contribution in [0, 0.1) is 0 Å². The zero-order valence-corrected chi connectivity index (χ0v) is 22.7. The van der Waals surface area contributed by atoms with Gasteiger partial charge in [0.05, 0.1) is 29.5 Å². The van der Waals surface area contributed by atoms with Crippen LogP contribution in [0.5, 0.6) is 0 Å². The van der Waals surface area contributed by atoms with Gasteiger partial charge in [0.2, 0.25) is 5.95 Å². The average molecular weight is 536 g/mol. The Hall–Kier alpha value is -3.83. The van der Waals surface area contributed by atoms with Crippen molar-refractivity contribution < 1.29 is 4.74 Å². The first kappa shape index (κ1) is 25.8. The number of ether oxygens (including phenoxy) is 1. The van der Waals surface area contributed by atoms with Crippen LogP contribution in [0.3, 0.4) is 0 Å². The van der Waals surface area contributed by atoms with E-state index in [0.29, 0.717) is 47.0 Å². The molecule has 2 N–H and O–H groups in total. The van der Waals surface area contributed by atoms with Crippen molar-refractivity contribution in [2.75, 3.05) is 28.6 Å². The van der Waals surface area contributed by atoms with Gasteiger partial charge < -0.3 is 20.3 Å². The highest BCUT2D eigenvalue weighted by Gasteiger charge is 2.26. The Morgan fingerprint density at radius 2 is 1.76 bits per heavy atom. The van der Waals surface area contributed by atoms with Gasteiger partial charge in [0, 0.05) is 43.6 Å². The molecule has 0 bridgehead atoms. The Morgan fingerprint density at radius 1 is 1.05 bits per heavy atom. The van der Waals surface area contributed by atoms with Crippen LogP contribution in [0.25, 0.3) is 10.9 Å². The third kappa shape index (κ3) is 5.25. The van der Waals surface area contributed by atoms with Crippen molar-refractivity contribution in [1.29, 1.82) is 0 Å². The molecule has 1 fully saturated rings. The number of rotatable bonds is 6. The number of nitrogens with one attached hydrogen (secondary N) is 2. The van der Waals surface area contributed by atoms with Crippen molar-refractivity contribution in [3.63, 3.8) is 0 Å². The number of anilines is 4. The number of halogens is 1. The Morgan fingerprint density at radius 3 is 2.47 bits per heavy atom. The lowest BCUT2D eigenvalue weighted by molar-refractivity contribution is -0.00571. The topological polar surface area (TPSA) is 123 Å². The predicted molar refractivity (Wildman–Crippen MR) is 148 cm³/mol. The zero-order chi connectivity index (χ0) is 27.0. The maximum absolute atomic E-state index is 12.6. The van der Waals surface area contributed by atoms with E-state index >= 15 is 0 Å². The molecule has 0 radical (unpaired) electrons. The first-order chi connectivity index (χ1) is 18.1. The molecule has 1 saturated heterocycles. The van der Waals surface area contributed by atoms with E-state index < -0.39 is 5.54 Å². The van der Waals surface area contributed by atoms with Gasteiger partial charge in [-0.2, -0.15) is 9.97 Å². The van der Waals surface area contributed by atoms with Crippen LogP contribution in [-0.4, -0.2) is 54.8 Å². The molecule has 4 heterocycles. The summed E-state index contributed by atoms with van der Waals surface area (Å²) in [5.74, 6) is 2.07. The lowest BCUT2D eigenvalue weighted by Crippen LogP contribution is -2.46. The lowest BCUT2D eigenvalue weighted by Gasteiger charge is -2.35. The molecular weight excluding hydrogens is 506 g/mol. The Bertz CT molecular complexity index is 1520. The number of hydrogen-bond donors (Lipinski definition) is 2. The Kier molecular flexibility index (Phi) is 6.89. The van der Waals surface area contributed by atoms with Crippen molar-refractivity contribution in [3.05, 3.63) is 64.2 Å². The highest BCUT2D eigenvalue weighted by molar-refractivity contribution is 6.32. The average Bonchev–Trinajstić information content (AvgIpc) is 2.88. The highest BCUT2D eigenvalue weighted by Crippen LogP contribution is 2.31. The van der Waals surface area contributed by atoms with Gasteiger partial charge in [0.15, 0.2) is 11.6 Å². The molecule has 3 aromatic heterocycles. The molecule has 12 heteroatoms. The molecule has 0 aliphatic carbocycles. The minimum Gasteiger partial charge on any atom is -0.372 e. The summed E-state index contributed by atoms with van der Waals surface area (Å²) in [5.41, 5.74) is 0.385. The van der Waals surface area contributed by atoms with Crippen LogP contribution < -0.4 is 21.2 Å². The standard InChI is InChI=1S/C26H30ClN9O2/c1-15-13-36(14-16(2)38-15)24-30-12-19(27)22(32-24)31-17-7-8-20-18(11-17)21(33-25(37)35(20)5)34-26(3,4)23-28-9-6-10-29-23/h6-12,15-16H,13-14H2,1-5H3,(H,30,31,32)(H,33,34,37)/t15-,16+. The number of aryl methyl sites for hydroxylation is 1. The van der Waals surface area contributed by atoms with E-state index in [9.17, 15) is 4.79 Å². The fourth-order valence-corrected chi connectivity index (χ4v) is 4.71. The molecule has 1 aliphatic rings. The lowest BCUT2D eigenvalue weighted by atomic mass is 10.0. The van der Waals surface area contributed by atoms with E-state index in [1.54, 1.807) is 31.7 Å². The molecule has 2 atom stereocenters. The Labute approximate surface area is 225 Å². The van der Waals surface area contributed by atoms with E-state index in [4.69, 9.17) is 21.3 Å². The van der Waals surface area contributed by atoms with Crippen LogP contribution in [0.4, 0.5) is 23.3 Å².